The zero-order valence-electron chi connectivity index (χ0n) is 10.5. The van der Waals surface area contributed by atoms with Crippen molar-refractivity contribution in [3.8, 4) is 11.8 Å². The fourth-order valence-electron chi connectivity index (χ4n) is 1.97. The zero-order valence-corrected chi connectivity index (χ0v) is 11.3. The predicted molar refractivity (Wildman–Crippen MR) is 74.4 cm³/mol. The normalized spacial score (nSPS) is 14.1. The summed E-state index contributed by atoms with van der Waals surface area (Å²) in [5, 5.41) is 10.1. The van der Waals surface area contributed by atoms with Crippen LogP contribution in [0.15, 0.2) is 30.3 Å². The molecule has 0 atom stereocenters. The van der Waals surface area contributed by atoms with Gasteiger partial charge in [-0.3, -0.25) is 0 Å². The van der Waals surface area contributed by atoms with E-state index >= 15 is 0 Å². The second kappa shape index (κ2) is 5.41. The summed E-state index contributed by atoms with van der Waals surface area (Å²) in [6.07, 6.45) is 3.12. The first-order valence-electron chi connectivity index (χ1n) is 6.44. The molecular formula is C15H14N2OS. The molecule has 0 aliphatic heterocycles. The van der Waals surface area contributed by atoms with E-state index in [-0.39, 0.29) is 0 Å². The third kappa shape index (κ3) is 2.94. The summed E-state index contributed by atoms with van der Waals surface area (Å²) in [5.74, 6) is 1.41. The molecule has 1 heterocycles. The molecule has 0 bridgehead atoms. The lowest BCUT2D eigenvalue weighted by Crippen LogP contribution is -2.00. The van der Waals surface area contributed by atoms with Gasteiger partial charge in [0.2, 0.25) is 0 Å². The topological polar surface area (TPSA) is 45.9 Å². The molecule has 3 rings (SSSR count). The van der Waals surface area contributed by atoms with Gasteiger partial charge in [-0.15, -0.1) is 11.3 Å². The lowest BCUT2D eigenvalue weighted by atomic mass is 10.2. The molecule has 0 amide bonds. The first kappa shape index (κ1) is 12.2. The maximum Gasteiger partial charge on any atom is 0.128 e. The number of nitrogens with zero attached hydrogens (tertiary/aromatic N) is 2. The second-order valence-electron chi connectivity index (χ2n) is 4.62. The summed E-state index contributed by atoms with van der Waals surface area (Å²) in [4.78, 5) is 5.38. The molecule has 1 fully saturated rings. The van der Waals surface area contributed by atoms with E-state index in [0.29, 0.717) is 12.5 Å². The van der Waals surface area contributed by atoms with Crippen LogP contribution in [0.5, 0.6) is 5.75 Å². The highest BCUT2D eigenvalue weighted by molar-refractivity contribution is 7.12. The summed E-state index contributed by atoms with van der Waals surface area (Å²) in [6, 6.07) is 12.0. The fraction of sp³-hybridized carbons (Fsp3) is 0.333. The van der Waals surface area contributed by atoms with Gasteiger partial charge in [-0.25, -0.2) is 4.98 Å². The van der Waals surface area contributed by atoms with Crippen molar-refractivity contribution < 1.29 is 4.74 Å². The van der Waals surface area contributed by atoms with E-state index in [1.807, 2.05) is 30.3 Å². The van der Waals surface area contributed by atoms with Crippen LogP contribution >= 0.6 is 11.3 Å². The van der Waals surface area contributed by atoms with Crippen LogP contribution in [0.4, 0.5) is 0 Å². The van der Waals surface area contributed by atoms with Crippen molar-refractivity contribution in [1.82, 2.24) is 4.98 Å². The number of hydrogen-bond acceptors (Lipinski definition) is 4. The molecule has 1 aromatic carbocycles. The summed E-state index contributed by atoms with van der Waals surface area (Å²) in [7, 11) is 0. The molecule has 0 unspecified atom stereocenters. The van der Waals surface area contributed by atoms with E-state index in [4.69, 9.17) is 10.00 Å². The minimum Gasteiger partial charge on any atom is -0.493 e. The molecule has 0 spiro atoms. The molecule has 0 N–H and O–H groups in total. The Labute approximate surface area is 116 Å². The predicted octanol–water partition coefficient (Wildman–Crippen LogP) is 3.51. The van der Waals surface area contributed by atoms with Crippen LogP contribution in [-0.2, 0) is 6.42 Å². The first-order chi connectivity index (χ1) is 9.36. The molecule has 0 saturated heterocycles. The Balaban J connectivity index is 1.60. The standard InChI is InChI=1S/C15H14N2OS/c16-10-13-15(11-6-7-11)17-14(19-13)8-9-18-12-4-2-1-3-5-12/h1-5,11H,6-9H2. The number of benzene rings is 1. The van der Waals surface area contributed by atoms with Crippen molar-refractivity contribution in [3.63, 3.8) is 0 Å². The highest BCUT2D eigenvalue weighted by Gasteiger charge is 2.29. The van der Waals surface area contributed by atoms with Gasteiger partial charge in [-0.2, -0.15) is 5.26 Å². The van der Waals surface area contributed by atoms with E-state index < -0.39 is 0 Å². The number of ether oxygens (including phenoxy) is 1. The molecule has 1 aromatic heterocycles. The second-order valence-corrected chi connectivity index (χ2v) is 5.70. The van der Waals surface area contributed by atoms with Crippen LogP contribution in [0.25, 0.3) is 0 Å². The van der Waals surface area contributed by atoms with Crippen LogP contribution < -0.4 is 4.74 Å². The summed E-state index contributed by atoms with van der Waals surface area (Å²) in [6.45, 7) is 0.604. The maximum atomic E-state index is 9.10. The Morgan fingerprint density at radius 2 is 2.11 bits per heavy atom. The van der Waals surface area contributed by atoms with Gasteiger partial charge in [-0.1, -0.05) is 18.2 Å². The SMILES string of the molecule is N#Cc1sc(CCOc2ccccc2)nc1C1CC1. The Bertz CT molecular complexity index is 596. The first-order valence-corrected chi connectivity index (χ1v) is 7.26. The molecule has 1 aliphatic carbocycles. The average molecular weight is 270 g/mol. The van der Waals surface area contributed by atoms with Crippen LogP contribution in [0.1, 0.15) is 34.3 Å². The van der Waals surface area contributed by atoms with Crippen LogP contribution in [-0.4, -0.2) is 11.6 Å². The Morgan fingerprint density at radius 1 is 1.32 bits per heavy atom. The lowest BCUT2D eigenvalue weighted by Gasteiger charge is -2.03. The number of thiazole rings is 1. The summed E-state index contributed by atoms with van der Waals surface area (Å²) in [5.41, 5.74) is 1.02. The van der Waals surface area contributed by atoms with Crippen LogP contribution in [0.2, 0.25) is 0 Å². The monoisotopic (exact) mass is 270 g/mol. The molecular weight excluding hydrogens is 256 g/mol. The van der Waals surface area contributed by atoms with Gasteiger partial charge in [-0.05, 0) is 25.0 Å². The third-order valence-corrected chi connectivity index (χ3v) is 4.13. The van der Waals surface area contributed by atoms with Crippen molar-refractivity contribution in [2.75, 3.05) is 6.61 Å². The number of hydrogen-bond donors (Lipinski definition) is 0. The van der Waals surface area contributed by atoms with Crippen molar-refractivity contribution in [2.24, 2.45) is 0 Å². The molecule has 4 heteroatoms. The van der Waals surface area contributed by atoms with Gasteiger partial charge in [0.1, 0.15) is 16.7 Å². The molecule has 1 aliphatic rings. The molecule has 0 radical (unpaired) electrons. The number of nitriles is 1. The lowest BCUT2D eigenvalue weighted by molar-refractivity contribution is 0.321. The van der Waals surface area contributed by atoms with Gasteiger partial charge in [0.05, 0.1) is 17.3 Å². The van der Waals surface area contributed by atoms with E-state index in [9.17, 15) is 0 Å². The third-order valence-electron chi connectivity index (χ3n) is 3.09. The van der Waals surface area contributed by atoms with E-state index in [1.165, 1.54) is 24.2 Å². The zero-order chi connectivity index (χ0) is 13.1. The van der Waals surface area contributed by atoms with Gasteiger partial charge < -0.3 is 4.74 Å². The number of rotatable bonds is 5. The quantitative estimate of drug-likeness (QED) is 0.835. The number of para-hydroxylation sites is 1. The molecule has 96 valence electrons. The van der Waals surface area contributed by atoms with Crippen molar-refractivity contribution in [2.45, 2.75) is 25.2 Å². The number of aromatic nitrogens is 1. The smallest absolute Gasteiger partial charge is 0.128 e. The highest BCUT2D eigenvalue weighted by atomic mass is 32.1. The Hall–Kier alpha value is -1.86. The van der Waals surface area contributed by atoms with Crippen molar-refractivity contribution in [3.05, 3.63) is 45.9 Å². The summed E-state index contributed by atoms with van der Waals surface area (Å²) >= 11 is 1.51. The minimum atomic E-state index is 0.537. The van der Waals surface area contributed by atoms with E-state index in [1.54, 1.807) is 0 Å². The van der Waals surface area contributed by atoms with E-state index in [2.05, 4.69) is 11.1 Å². The Kier molecular flexibility index (Phi) is 3.47. The van der Waals surface area contributed by atoms with Gasteiger partial charge in [0.15, 0.2) is 0 Å². The maximum absolute atomic E-state index is 9.10. The fourth-order valence-corrected chi connectivity index (χ4v) is 2.90. The Morgan fingerprint density at radius 3 is 2.79 bits per heavy atom. The van der Waals surface area contributed by atoms with Crippen molar-refractivity contribution >= 4 is 11.3 Å². The largest absolute Gasteiger partial charge is 0.493 e. The van der Waals surface area contributed by atoms with Crippen LogP contribution in [0, 0.1) is 11.3 Å². The molecule has 19 heavy (non-hydrogen) atoms. The highest BCUT2D eigenvalue weighted by Crippen LogP contribution is 2.42. The van der Waals surface area contributed by atoms with Gasteiger partial charge in [0.25, 0.3) is 0 Å². The molecule has 3 nitrogen and oxygen atoms in total. The van der Waals surface area contributed by atoms with Crippen LogP contribution in [0.3, 0.4) is 0 Å². The molecule has 2 aromatic rings. The average Bonchev–Trinajstić information content (AvgIpc) is 3.21. The van der Waals surface area contributed by atoms with Gasteiger partial charge in [0, 0.05) is 12.3 Å². The minimum absolute atomic E-state index is 0.537. The van der Waals surface area contributed by atoms with Crippen molar-refractivity contribution in [1.29, 1.82) is 5.26 Å². The summed E-state index contributed by atoms with van der Waals surface area (Å²) < 4.78 is 5.65. The van der Waals surface area contributed by atoms with E-state index in [0.717, 1.165) is 27.7 Å². The van der Waals surface area contributed by atoms with Gasteiger partial charge >= 0.3 is 0 Å². The molecule has 1 saturated carbocycles.